The zero-order valence-electron chi connectivity index (χ0n) is 17.8. The highest BCUT2D eigenvalue weighted by molar-refractivity contribution is 5.83. The van der Waals surface area contributed by atoms with Gasteiger partial charge in [-0.3, -0.25) is 19.4 Å². The van der Waals surface area contributed by atoms with Crippen LogP contribution in [0.4, 0.5) is 0 Å². The molecule has 1 spiro atoms. The molecule has 162 valence electrons. The number of aromatic nitrogens is 1. The van der Waals surface area contributed by atoms with Crippen molar-refractivity contribution in [3.63, 3.8) is 0 Å². The predicted molar refractivity (Wildman–Crippen MR) is 112 cm³/mol. The number of amides is 3. The number of pyridine rings is 1. The Hall–Kier alpha value is -2.44. The summed E-state index contributed by atoms with van der Waals surface area (Å²) in [5.74, 6) is 0.565. The number of piperidine rings is 1. The third-order valence-electron chi connectivity index (χ3n) is 7.38. The molecular weight excluding hydrogens is 380 g/mol. The normalized spacial score (nSPS) is 23.3. The molecule has 3 heterocycles. The van der Waals surface area contributed by atoms with Crippen LogP contribution in [0.5, 0.6) is 0 Å². The minimum Gasteiger partial charge on any atom is -0.352 e. The average Bonchev–Trinajstić information content (AvgIpc) is 3.15. The molecule has 3 amide bonds. The highest BCUT2D eigenvalue weighted by Crippen LogP contribution is 2.52. The topological polar surface area (TPSA) is 82.6 Å². The summed E-state index contributed by atoms with van der Waals surface area (Å²) in [5.41, 5.74) is 0.948. The Morgan fingerprint density at radius 1 is 1.20 bits per heavy atom. The molecule has 1 saturated carbocycles. The second-order valence-corrected chi connectivity index (χ2v) is 9.28. The molecule has 1 atom stereocenters. The SMILES string of the molecule is CC(=O)N1CCC(CC(=O)N2CC(C(=O)NCc3cccnc3)C3(CCC3)C2)CC1. The third-order valence-corrected chi connectivity index (χ3v) is 7.38. The molecular formula is C23H32N4O3. The van der Waals surface area contributed by atoms with E-state index in [1.54, 1.807) is 19.3 Å². The van der Waals surface area contributed by atoms with Gasteiger partial charge in [0.25, 0.3) is 0 Å². The first kappa shape index (κ1) is 20.8. The highest BCUT2D eigenvalue weighted by Gasteiger charge is 2.54. The van der Waals surface area contributed by atoms with Crippen molar-refractivity contribution in [2.24, 2.45) is 17.3 Å². The number of rotatable bonds is 5. The Morgan fingerprint density at radius 2 is 1.97 bits per heavy atom. The Kier molecular flexibility index (Phi) is 6.06. The molecule has 7 heteroatoms. The molecule has 1 aromatic rings. The van der Waals surface area contributed by atoms with Gasteiger partial charge < -0.3 is 15.1 Å². The fourth-order valence-corrected chi connectivity index (χ4v) is 5.30. The largest absolute Gasteiger partial charge is 0.352 e. The molecule has 0 bridgehead atoms. The van der Waals surface area contributed by atoms with E-state index >= 15 is 0 Å². The van der Waals surface area contributed by atoms with Crippen LogP contribution in [0.3, 0.4) is 0 Å². The van der Waals surface area contributed by atoms with Gasteiger partial charge in [-0.2, -0.15) is 0 Å². The van der Waals surface area contributed by atoms with E-state index in [2.05, 4.69) is 10.3 Å². The van der Waals surface area contributed by atoms with Crippen LogP contribution in [0.1, 0.15) is 51.0 Å². The maximum atomic E-state index is 13.0. The van der Waals surface area contributed by atoms with E-state index in [1.807, 2.05) is 21.9 Å². The maximum Gasteiger partial charge on any atom is 0.225 e. The zero-order chi connectivity index (χ0) is 21.1. The van der Waals surface area contributed by atoms with Gasteiger partial charge in [0, 0.05) is 63.9 Å². The van der Waals surface area contributed by atoms with Crippen LogP contribution in [0, 0.1) is 17.3 Å². The van der Waals surface area contributed by atoms with Gasteiger partial charge in [-0.15, -0.1) is 0 Å². The molecule has 3 fully saturated rings. The Morgan fingerprint density at radius 3 is 2.57 bits per heavy atom. The summed E-state index contributed by atoms with van der Waals surface area (Å²) in [4.78, 5) is 45.4. The van der Waals surface area contributed by atoms with Crippen molar-refractivity contribution in [2.75, 3.05) is 26.2 Å². The van der Waals surface area contributed by atoms with Crippen LogP contribution in [0.25, 0.3) is 0 Å². The van der Waals surface area contributed by atoms with Crippen molar-refractivity contribution >= 4 is 17.7 Å². The van der Waals surface area contributed by atoms with Crippen LogP contribution < -0.4 is 5.32 Å². The van der Waals surface area contributed by atoms with E-state index in [4.69, 9.17) is 0 Å². The van der Waals surface area contributed by atoms with E-state index in [0.717, 1.165) is 50.8 Å². The summed E-state index contributed by atoms with van der Waals surface area (Å²) in [6.45, 7) is 4.81. The van der Waals surface area contributed by atoms with Gasteiger partial charge >= 0.3 is 0 Å². The monoisotopic (exact) mass is 412 g/mol. The Balaban J connectivity index is 1.32. The van der Waals surface area contributed by atoms with E-state index in [0.29, 0.717) is 32.0 Å². The minimum atomic E-state index is -0.119. The lowest BCUT2D eigenvalue weighted by Crippen LogP contribution is -2.45. The summed E-state index contributed by atoms with van der Waals surface area (Å²) >= 11 is 0. The molecule has 1 aromatic heterocycles. The van der Waals surface area contributed by atoms with Gasteiger partial charge in [-0.05, 0) is 43.2 Å². The number of carbonyl (C=O) groups excluding carboxylic acids is 3. The smallest absolute Gasteiger partial charge is 0.225 e. The molecule has 0 aromatic carbocycles. The summed E-state index contributed by atoms with van der Waals surface area (Å²) < 4.78 is 0. The van der Waals surface area contributed by atoms with Crippen molar-refractivity contribution in [1.82, 2.24) is 20.1 Å². The number of carbonyl (C=O) groups is 3. The predicted octanol–water partition coefficient (Wildman–Crippen LogP) is 1.98. The highest BCUT2D eigenvalue weighted by atomic mass is 16.2. The Bertz CT molecular complexity index is 785. The number of hydrogen-bond donors (Lipinski definition) is 1. The first-order chi connectivity index (χ1) is 14.5. The second-order valence-electron chi connectivity index (χ2n) is 9.28. The first-order valence-corrected chi connectivity index (χ1v) is 11.2. The maximum absolute atomic E-state index is 13.0. The van der Waals surface area contributed by atoms with Crippen molar-refractivity contribution in [1.29, 1.82) is 0 Å². The van der Waals surface area contributed by atoms with E-state index < -0.39 is 0 Å². The van der Waals surface area contributed by atoms with Gasteiger partial charge in [0.15, 0.2) is 0 Å². The number of nitrogens with one attached hydrogen (secondary N) is 1. The molecule has 2 aliphatic heterocycles. The molecule has 3 aliphatic rings. The summed E-state index contributed by atoms with van der Waals surface area (Å²) in [6, 6.07) is 3.82. The van der Waals surface area contributed by atoms with E-state index in [-0.39, 0.29) is 29.1 Å². The average molecular weight is 413 g/mol. The van der Waals surface area contributed by atoms with Crippen LogP contribution >= 0.6 is 0 Å². The van der Waals surface area contributed by atoms with Crippen molar-refractivity contribution in [3.8, 4) is 0 Å². The summed E-state index contributed by atoms with van der Waals surface area (Å²) in [5, 5.41) is 3.07. The lowest BCUT2D eigenvalue weighted by Gasteiger charge is -2.42. The van der Waals surface area contributed by atoms with Gasteiger partial charge in [-0.25, -0.2) is 0 Å². The molecule has 1 aliphatic carbocycles. The molecule has 1 N–H and O–H groups in total. The molecule has 0 radical (unpaired) electrons. The van der Waals surface area contributed by atoms with Crippen molar-refractivity contribution in [3.05, 3.63) is 30.1 Å². The molecule has 1 unspecified atom stereocenters. The van der Waals surface area contributed by atoms with Crippen LogP contribution in [0.2, 0.25) is 0 Å². The lowest BCUT2D eigenvalue weighted by atomic mass is 9.62. The molecule has 2 saturated heterocycles. The van der Waals surface area contributed by atoms with E-state index in [9.17, 15) is 14.4 Å². The zero-order valence-corrected chi connectivity index (χ0v) is 17.8. The standard InChI is InChI=1S/C23H32N4O3/c1-17(28)26-10-5-18(6-11-26)12-21(29)27-15-20(23(16-27)7-3-8-23)22(30)25-14-19-4-2-9-24-13-19/h2,4,9,13,18,20H,3,5-8,10-12,14-16H2,1H3,(H,25,30). The van der Waals surface area contributed by atoms with Gasteiger partial charge in [-0.1, -0.05) is 12.5 Å². The fraction of sp³-hybridized carbons (Fsp3) is 0.652. The van der Waals surface area contributed by atoms with Gasteiger partial charge in [0.1, 0.15) is 0 Å². The minimum absolute atomic E-state index is 0.0350. The molecule has 30 heavy (non-hydrogen) atoms. The lowest BCUT2D eigenvalue weighted by molar-refractivity contribution is -0.133. The summed E-state index contributed by atoms with van der Waals surface area (Å²) in [6.07, 6.45) is 8.99. The van der Waals surface area contributed by atoms with Crippen LogP contribution in [0.15, 0.2) is 24.5 Å². The van der Waals surface area contributed by atoms with Gasteiger partial charge in [0.05, 0.1) is 5.92 Å². The van der Waals surface area contributed by atoms with Crippen molar-refractivity contribution < 1.29 is 14.4 Å². The second kappa shape index (κ2) is 8.74. The summed E-state index contributed by atoms with van der Waals surface area (Å²) in [7, 11) is 0. The van der Waals surface area contributed by atoms with Crippen LogP contribution in [-0.4, -0.2) is 58.7 Å². The molecule has 7 nitrogen and oxygen atoms in total. The van der Waals surface area contributed by atoms with E-state index in [1.165, 1.54) is 0 Å². The Labute approximate surface area is 178 Å². The fourth-order valence-electron chi connectivity index (χ4n) is 5.30. The third kappa shape index (κ3) is 4.35. The van der Waals surface area contributed by atoms with Crippen LogP contribution in [-0.2, 0) is 20.9 Å². The molecule has 4 rings (SSSR count). The van der Waals surface area contributed by atoms with Crippen molar-refractivity contribution in [2.45, 2.75) is 52.0 Å². The number of hydrogen-bond acceptors (Lipinski definition) is 4. The number of nitrogens with zero attached hydrogens (tertiary/aromatic N) is 3. The van der Waals surface area contributed by atoms with Gasteiger partial charge in [0.2, 0.25) is 17.7 Å². The quantitative estimate of drug-likeness (QED) is 0.802. The first-order valence-electron chi connectivity index (χ1n) is 11.2. The number of likely N-dealkylation sites (tertiary alicyclic amines) is 2.